The van der Waals surface area contributed by atoms with Crippen molar-refractivity contribution in [2.75, 3.05) is 0 Å². The number of phenols is 1. The SMILES string of the molecule is CC1=NC2=C(C(=O)C[C@@H](c3ccccc3)C2)[C@@H](c2ccc(O)c([N+](=O)[O-])c2)C1C(=O)OC1CCCCC1. The van der Waals surface area contributed by atoms with Gasteiger partial charge in [-0.1, -0.05) is 42.8 Å². The van der Waals surface area contributed by atoms with Crippen molar-refractivity contribution < 1.29 is 24.4 Å². The first-order valence-electron chi connectivity index (χ1n) is 12.9. The quantitative estimate of drug-likeness (QED) is 0.316. The molecule has 8 nitrogen and oxygen atoms in total. The number of rotatable bonds is 5. The molecule has 0 bridgehead atoms. The van der Waals surface area contributed by atoms with Gasteiger partial charge in [-0.25, -0.2) is 0 Å². The molecule has 0 amide bonds. The topological polar surface area (TPSA) is 119 Å². The standard InChI is InChI=1S/C29H30N2O6/c1-17-26(29(34)37-21-10-6-3-7-11-21)27(19-12-13-24(32)23(15-19)31(35)36)28-22(30-17)14-20(16-25(28)33)18-8-4-2-5-9-18/h2,4-5,8-9,12-13,15,20-21,26-27,32H,3,6-7,10-11,14,16H2,1H3/t20-,26?,27-/m0/s1. The summed E-state index contributed by atoms with van der Waals surface area (Å²) in [6.07, 6.45) is 5.33. The Hall–Kier alpha value is -3.81. The number of phenolic OH excluding ortho intramolecular Hbond substituents is 1. The minimum atomic E-state index is -0.873. The molecule has 0 radical (unpaired) electrons. The fraction of sp³-hybridized carbons (Fsp3) is 0.414. The van der Waals surface area contributed by atoms with Gasteiger partial charge < -0.3 is 9.84 Å². The lowest BCUT2D eigenvalue weighted by atomic mass is 9.69. The molecule has 8 heteroatoms. The summed E-state index contributed by atoms with van der Waals surface area (Å²) in [5.41, 5.74) is 2.56. The van der Waals surface area contributed by atoms with Crippen LogP contribution in [0.15, 0.2) is 64.8 Å². The van der Waals surface area contributed by atoms with E-state index in [4.69, 9.17) is 9.73 Å². The van der Waals surface area contributed by atoms with Gasteiger partial charge in [0.2, 0.25) is 0 Å². The van der Waals surface area contributed by atoms with Gasteiger partial charge >= 0.3 is 11.7 Å². The van der Waals surface area contributed by atoms with Crippen molar-refractivity contribution in [3.8, 4) is 5.75 Å². The van der Waals surface area contributed by atoms with Crippen molar-refractivity contribution in [1.29, 1.82) is 0 Å². The summed E-state index contributed by atoms with van der Waals surface area (Å²) in [6, 6.07) is 13.9. The van der Waals surface area contributed by atoms with Gasteiger partial charge in [-0.05, 0) is 62.1 Å². The maximum atomic E-state index is 13.7. The number of nitrogens with zero attached hydrogens (tertiary/aromatic N) is 2. The smallest absolute Gasteiger partial charge is 0.315 e. The van der Waals surface area contributed by atoms with Gasteiger partial charge in [0.1, 0.15) is 12.0 Å². The first-order valence-corrected chi connectivity index (χ1v) is 12.9. The Morgan fingerprint density at radius 3 is 2.49 bits per heavy atom. The molecule has 0 spiro atoms. The number of benzene rings is 2. The van der Waals surface area contributed by atoms with Crippen molar-refractivity contribution in [2.24, 2.45) is 10.9 Å². The largest absolute Gasteiger partial charge is 0.502 e. The molecule has 1 N–H and O–H groups in total. The van der Waals surface area contributed by atoms with Gasteiger partial charge in [-0.15, -0.1) is 0 Å². The molecule has 0 saturated heterocycles. The second-order valence-corrected chi connectivity index (χ2v) is 10.2. The molecule has 2 aromatic carbocycles. The van der Waals surface area contributed by atoms with Gasteiger partial charge in [0.25, 0.3) is 0 Å². The third-order valence-corrected chi connectivity index (χ3v) is 7.80. The Labute approximate surface area is 215 Å². The van der Waals surface area contributed by atoms with Crippen LogP contribution in [0, 0.1) is 16.0 Å². The molecule has 1 saturated carbocycles. The van der Waals surface area contributed by atoms with Crippen LogP contribution in [0.25, 0.3) is 0 Å². The fourth-order valence-corrected chi connectivity index (χ4v) is 5.99. The van der Waals surface area contributed by atoms with E-state index >= 15 is 0 Å². The van der Waals surface area contributed by atoms with Crippen molar-refractivity contribution in [3.63, 3.8) is 0 Å². The van der Waals surface area contributed by atoms with E-state index in [1.54, 1.807) is 13.0 Å². The Bertz CT molecular complexity index is 1290. The van der Waals surface area contributed by atoms with E-state index < -0.39 is 34.2 Å². The lowest BCUT2D eigenvalue weighted by molar-refractivity contribution is -0.385. The summed E-state index contributed by atoms with van der Waals surface area (Å²) in [5.74, 6) is -2.73. The molecule has 1 unspecified atom stereocenters. The number of hydrogen-bond acceptors (Lipinski definition) is 7. The molecule has 1 fully saturated rings. The molecule has 2 aliphatic carbocycles. The maximum absolute atomic E-state index is 13.7. The monoisotopic (exact) mass is 502 g/mol. The van der Waals surface area contributed by atoms with E-state index in [1.807, 2.05) is 30.3 Å². The lowest BCUT2D eigenvalue weighted by Gasteiger charge is -2.37. The summed E-state index contributed by atoms with van der Waals surface area (Å²) in [7, 11) is 0. The predicted molar refractivity (Wildman–Crippen MR) is 138 cm³/mol. The summed E-state index contributed by atoms with van der Waals surface area (Å²) in [5, 5.41) is 21.7. The number of nitro groups is 1. The number of allylic oxidation sites excluding steroid dienone is 2. The van der Waals surface area contributed by atoms with E-state index in [1.165, 1.54) is 12.1 Å². The zero-order chi connectivity index (χ0) is 26.1. The summed E-state index contributed by atoms with van der Waals surface area (Å²) < 4.78 is 5.92. The minimum absolute atomic E-state index is 0.0375. The van der Waals surface area contributed by atoms with Crippen molar-refractivity contribution in [2.45, 2.75) is 69.8 Å². The first-order chi connectivity index (χ1) is 17.8. The molecule has 0 aromatic heterocycles. The Kier molecular flexibility index (Phi) is 6.91. The van der Waals surface area contributed by atoms with Crippen LogP contribution in [0.5, 0.6) is 5.75 Å². The predicted octanol–water partition coefficient (Wildman–Crippen LogP) is 5.75. The molecule has 3 atom stereocenters. The van der Waals surface area contributed by atoms with E-state index in [-0.39, 0.29) is 24.2 Å². The Morgan fingerprint density at radius 1 is 1.05 bits per heavy atom. The molecule has 37 heavy (non-hydrogen) atoms. The van der Waals surface area contributed by atoms with Crippen molar-refractivity contribution in [1.82, 2.24) is 0 Å². The van der Waals surface area contributed by atoms with E-state index in [9.17, 15) is 24.8 Å². The third-order valence-electron chi connectivity index (χ3n) is 7.80. The minimum Gasteiger partial charge on any atom is -0.502 e. The summed E-state index contributed by atoms with van der Waals surface area (Å²) in [4.78, 5) is 43.0. The highest BCUT2D eigenvalue weighted by molar-refractivity contribution is 6.09. The lowest BCUT2D eigenvalue weighted by Crippen LogP contribution is -2.39. The number of ether oxygens (including phenoxy) is 1. The van der Waals surface area contributed by atoms with Gasteiger partial charge in [0.05, 0.1) is 4.92 Å². The van der Waals surface area contributed by atoms with Gasteiger partial charge in [-0.2, -0.15) is 0 Å². The molecular formula is C29H30N2O6. The second kappa shape index (κ2) is 10.3. The number of aromatic hydroxyl groups is 1. The van der Waals surface area contributed by atoms with Crippen LogP contribution in [-0.4, -0.2) is 33.6 Å². The van der Waals surface area contributed by atoms with Crippen LogP contribution < -0.4 is 0 Å². The normalized spacial score (nSPS) is 24.3. The fourth-order valence-electron chi connectivity index (χ4n) is 5.99. The maximum Gasteiger partial charge on any atom is 0.315 e. The first kappa shape index (κ1) is 24.9. The Balaban J connectivity index is 1.57. The van der Waals surface area contributed by atoms with Gasteiger partial charge in [-0.3, -0.25) is 24.7 Å². The number of esters is 1. The summed E-state index contributed by atoms with van der Waals surface area (Å²) in [6.45, 7) is 1.76. The Morgan fingerprint density at radius 2 is 1.78 bits per heavy atom. The average molecular weight is 503 g/mol. The van der Waals surface area contributed by atoms with Crippen LogP contribution in [0.2, 0.25) is 0 Å². The van der Waals surface area contributed by atoms with Crippen molar-refractivity contribution >= 4 is 23.2 Å². The van der Waals surface area contributed by atoms with Crippen LogP contribution in [0.1, 0.15) is 74.8 Å². The van der Waals surface area contributed by atoms with E-state index in [0.717, 1.165) is 37.7 Å². The zero-order valence-electron chi connectivity index (χ0n) is 20.8. The zero-order valence-corrected chi connectivity index (χ0v) is 20.8. The number of carbonyl (C=O) groups excluding carboxylic acids is 2. The van der Waals surface area contributed by atoms with E-state index in [2.05, 4.69) is 0 Å². The highest BCUT2D eigenvalue weighted by Crippen LogP contribution is 2.48. The number of Topliss-reactive ketones (excluding diaryl/α,β-unsaturated/α-hetero) is 1. The molecule has 5 rings (SSSR count). The number of aliphatic imine (C=N–C) groups is 1. The number of hydrogen-bond donors (Lipinski definition) is 1. The molecule has 192 valence electrons. The molecule has 3 aliphatic rings. The highest BCUT2D eigenvalue weighted by atomic mass is 16.6. The average Bonchev–Trinajstić information content (AvgIpc) is 2.89. The highest BCUT2D eigenvalue weighted by Gasteiger charge is 2.45. The van der Waals surface area contributed by atoms with Crippen LogP contribution >= 0.6 is 0 Å². The molecule has 1 aliphatic heterocycles. The summed E-state index contributed by atoms with van der Waals surface area (Å²) >= 11 is 0. The molecule has 1 heterocycles. The molecular weight excluding hydrogens is 472 g/mol. The van der Waals surface area contributed by atoms with Crippen molar-refractivity contribution in [3.05, 3.63) is 81.0 Å². The van der Waals surface area contributed by atoms with Crippen LogP contribution in [0.3, 0.4) is 0 Å². The van der Waals surface area contributed by atoms with E-state index in [0.29, 0.717) is 29.0 Å². The second-order valence-electron chi connectivity index (χ2n) is 10.2. The number of ketones is 1. The number of carbonyl (C=O) groups is 2. The van der Waals surface area contributed by atoms with Gasteiger partial charge in [0.15, 0.2) is 11.5 Å². The number of nitro benzene ring substituents is 1. The van der Waals surface area contributed by atoms with Crippen LogP contribution in [0.4, 0.5) is 5.69 Å². The molecule has 2 aromatic rings. The van der Waals surface area contributed by atoms with Crippen LogP contribution in [-0.2, 0) is 14.3 Å². The third kappa shape index (κ3) is 4.92. The van der Waals surface area contributed by atoms with Gasteiger partial charge in [0, 0.05) is 35.4 Å².